The van der Waals surface area contributed by atoms with Crippen LogP contribution in [0.2, 0.25) is 0 Å². The van der Waals surface area contributed by atoms with Gasteiger partial charge in [0.15, 0.2) is 0 Å². The van der Waals surface area contributed by atoms with Crippen molar-refractivity contribution in [3.05, 3.63) is 34.5 Å². The van der Waals surface area contributed by atoms with Crippen LogP contribution in [0.4, 0.5) is 0 Å². The van der Waals surface area contributed by atoms with Crippen molar-refractivity contribution in [2.75, 3.05) is 0 Å². The summed E-state index contributed by atoms with van der Waals surface area (Å²) in [7, 11) is 0. The monoisotopic (exact) mass is 308 g/mol. The zero-order chi connectivity index (χ0) is 12.7. The van der Waals surface area contributed by atoms with E-state index in [1.54, 1.807) is 6.26 Å². The third-order valence-electron chi connectivity index (χ3n) is 3.57. The van der Waals surface area contributed by atoms with Crippen LogP contribution < -0.4 is 0 Å². The molecule has 1 aliphatic rings. The van der Waals surface area contributed by atoms with Crippen LogP contribution in [0.25, 0.3) is 11.0 Å². The zero-order valence-corrected chi connectivity index (χ0v) is 11.3. The highest BCUT2D eigenvalue weighted by Gasteiger charge is 2.35. The molecule has 3 rings (SSSR count). The fourth-order valence-corrected chi connectivity index (χ4v) is 2.96. The van der Waals surface area contributed by atoms with Crippen LogP contribution in [-0.2, 0) is 4.79 Å². The first kappa shape index (κ1) is 11.8. The van der Waals surface area contributed by atoms with Gasteiger partial charge in [-0.3, -0.25) is 4.79 Å². The van der Waals surface area contributed by atoms with E-state index in [9.17, 15) is 4.79 Å². The SMILES string of the molecule is O=C(O)CC(c1cccc2c(Br)coc12)C1CC1. The summed E-state index contributed by atoms with van der Waals surface area (Å²) in [5, 5.41) is 10.1. The summed E-state index contributed by atoms with van der Waals surface area (Å²) in [6.07, 6.45) is 4.09. The van der Waals surface area contributed by atoms with E-state index in [0.717, 1.165) is 33.8 Å². The average molecular weight is 309 g/mol. The first-order valence-electron chi connectivity index (χ1n) is 6.04. The van der Waals surface area contributed by atoms with E-state index in [1.165, 1.54) is 0 Å². The predicted molar refractivity (Wildman–Crippen MR) is 71.6 cm³/mol. The number of aliphatic carboxylic acids is 1. The second-order valence-corrected chi connectivity index (χ2v) is 5.70. The molecule has 0 amide bonds. The Morgan fingerprint density at radius 2 is 2.28 bits per heavy atom. The molecular formula is C14H13BrO3. The Bertz CT molecular complexity index is 598. The summed E-state index contributed by atoms with van der Waals surface area (Å²) < 4.78 is 6.50. The van der Waals surface area contributed by atoms with E-state index in [1.807, 2.05) is 18.2 Å². The van der Waals surface area contributed by atoms with Gasteiger partial charge >= 0.3 is 5.97 Å². The molecule has 1 fully saturated rings. The van der Waals surface area contributed by atoms with Crippen LogP contribution >= 0.6 is 15.9 Å². The van der Waals surface area contributed by atoms with Crippen molar-refractivity contribution in [1.29, 1.82) is 0 Å². The quantitative estimate of drug-likeness (QED) is 0.922. The number of furan rings is 1. The smallest absolute Gasteiger partial charge is 0.303 e. The molecule has 1 aliphatic carbocycles. The van der Waals surface area contributed by atoms with Crippen LogP contribution in [0, 0.1) is 5.92 Å². The van der Waals surface area contributed by atoms with E-state index >= 15 is 0 Å². The van der Waals surface area contributed by atoms with E-state index in [2.05, 4.69) is 15.9 Å². The summed E-state index contributed by atoms with van der Waals surface area (Å²) in [6.45, 7) is 0. The van der Waals surface area contributed by atoms with Gasteiger partial charge in [-0.25, -0.2) is 0 Å². The van der Waals surface area contributed by atoms with Gasteiger partial charge in [-0.15, -0.1) is 0 Å². The minimum Gasteiger partial charge on any atom is -0.481 e. The molecule has 1 aromatic carbocycles. The van der Waals surface area contributed by atoms with Gasteiger partial charge in [0.1, 0.15) is 11.8 Å². The Kier molecular flexibility index (Phi) is 2.90. The van der Waals surface area contributed by atoms with Gasteiger partial charge in [0.05, 0.1) is 10.9 Å². The maximum absolute atomic E-state index is 11.0. The lowest BCUT2D eigenvalue weighted by Gasteiger charge is -2.14. The first-order chi connectivity index (χ1) is 8.66. The molecule has 1 aromatic heterocycles. The molecule has 0 radical (unpaired) electrons. The second kappa shape index (κ2) is 4.43. The molecule has 1 atom stereocenters. The number of halogens is 1. The normalized spacial score (nSPS) is 16.9. The highest BCUT2D eigenvalue weighted by Crippen LogP contribution is 2.46. The molecule has 2 aromatic rings. The standard InChI is InChI=1S/C14H13BrO3/c15-12-7-18-14-9(2-1-3-10(12)14)11(6-13(16)17)8-4-5-8/h1-3,7-8,11H,4-6H2,(H,16,17). The Labute approximate surface area is 113 Å². The van der Waals surface area contributed by atoms with Crippen LogP contribution in [0.15, 0.2) is 33.4 Å². The molecule has 0 bridgehead atoms. The zero-order valence-electron chi connectivity index (χ0n) is 9.73. The number of hydrogen-bond acceptors (Lipinski definition) is 2. The van der Waals surface area contributed by atoms with Crippen molar-refractivity contribution in [3.63, 3.8) is 0 Å². The minimum absolute atomic E-state index is 0.0734. The van der Waals surface area contributed by atoms with Crippen LogP contribution in [0.1, 0.15) is 30.7 Å². The molecule has 1 saturated carbocycles. The van der Waals surface area contributed by atoms with Gasteiger partial charge in [0, 0.05) is 11.3 Å². The molecule has 18 heavy (non-hydrogen) atoms. The van der Waals surface area contributed by atoms with Crippen molar-refractivity contribution < 1.29 is 14.3 Å². The number of rotatable bonds is 4. The number of para-hydroxylation sites is 1. The van der Waals surface area contributed by atoms with Crippen LogP contribution in [0.3, 0.4) is 0 Å². The van der Waals surface area contributed by atoms with Crippen LogP contribution in [-0.4, -0.2) is 11.1 Å². The minimum atomic E-state index is -0.741. The summed E-state index contributed by atoms with van der Waals surface area (Å²) in [5.41, 5.74) is 1.85. The number of carbonyl (C=O) groups is 1. The van der Waals surface area contributed by atoms with Gasteiger partial charge in [-0.05, 0) is 46.3 Å². The molecule has 94 valence electrons. The van der Waals surface area contributed by atoms with E-state index < -0.39 is 5.97 Å². The summed E-state index contributed by atoms with van der Waals surface area (Å²) in [5.74, 6) is -0.172. The summed E-state index contributed by atoms with van der Waals surface area (Å²) in [6, 6.07) is 5.94. The largest absolute Gasteiger partial charge is 0.481 e. The van der Waals surface area contributed by atoms with Gasteiger partial charge in [0.2, 0.25) is 0 Å². The Morgan fingerprint density at radius 3 is 2.94 bits per heavy atom. The molecule has 3 nitrogen and oxygen atoms in total. The maximum Gasteiger partial charge on any atom is 0.303 e. The summed E-state index contributed by atoms with van der Waals surface area (Å²) in [4.78, 5) is 11.0. The Hall–Kier alpha value is -1.29. The van der Waals surface area contributed by atoms with Crippen LogP contribution in [0.5, 0.6) is 0 Å². The first-order valence-corrected chi connectivity index (χ1v) is 6.83. The fourth-order valence-electron chi connectivity index (χ4n) is 2.56. The van der Waals surface area contributed by atoms with Crippen molar-refractivity contribution in [2.45, 2.75) is 25.2 Å². The molecule has 0 saturated heterocycles. The number of fused-ring (bicyclic) bond motifs is 1. The number of carboxylic acid groups (broad SMARTS) is 1. The predicted octanol–water partition coefficient (Wildman–Crippen LogP) is 4.16. The van der Waals surface area contributed by atoms with E-state index in [-0.39, 0.29) is 12.3 Å². The van der Waals surface area contributed by atoms with Crippen molar-refractivity contribution in [3.8, 4) is 0 Å². The second-order valence-electron chi connectivity index (χ2n) is 4.85. The fraction of sp³-hybridized carbons (Fsp3) is 0.357. The molecule has 0 spiro atoms. The van der Waals surface area contributed by atoms with E-state index in [0.29, 0.717) is 5.92 Å². The van der Waals surface area contributed by atoms with Crippen molar-refractivity contribution in [2.24, 2.45) is 5.92 Å². The van der Waals surface area contributed by atoms with E-state index in [4.69, 9.17) is 9.52 Å². The number of carboxylic acids is 1. The average Bonchev–Trinajstić information content (AvgIpc) is 3.11. The molecule has 1 N–H and O–H groups in total. The number of benzene rings is 1. The van der Waals surface area contributed by atoms with Crippen molar-refractivity contribution in [1.82, 2.24) is 0 Å². The third-order valence-corrected chi connectivity index (χ3v) is 4.18. The van der Waals surface area contributed by atoms with Gasteiger partial charge in [-0.1, -0.05) is 12.1 Å². The maximum atomic E-state index is 11.0. The van der Waals surface area contributed by atoms with Crippen molar-refractivity contribution >= 4 is 32.9 Å². The molecule has 1 unspecified atom stereocenters. The lowest BCUT2D eigenvalue weighted by atomic mass is 9.90. The lowest BCUT2D eigenvalue weighted by molar-refractivity contribution is -0.137. The molecule has 4 heteroatoms. The molecule has 0 aliphatic heterocycles. The molecular weight excluding hydrogens is 296 g/mol. The third kappa shape index (κ3) is 2.05. The number of hydrogen-bond donors (Lipinski definition) is 1. The van der Waals surface area contributed by atoms with Gasteiger partial charge in [-0.2, -0.15) is 0 Å². The molecule has 1 heterocycles. The van der Waals surface area contributed by atoms with Gasteiger partial charge in [0.25, 0.3) is 0 Å². The topological polar surface area (TPSA) is 50.4 Å². The summed E-state index contributed by atoms with van der Waals surface area (Å²) >= 11 is 3.44. The highest BCUT2D eigenvalue weighted by molar-refractivity contribution is 9.10. The highest BCUT2D eigenvalue weighted by atomic mass is 79.9. The Balaban J connectivity index is 2.08. The Morgan fingerprint density at radius 1 is 1.50 bits per heavy atom. The lowest BCUT2D eigenvalue weighted by Crippen LogP contribution is -2.08. The van der Waals surface area contributed by atoms with Gasteiger partial charge < -0.3 is 9.52 Å².